The number of rotatable bonds is 5. The van der Waals surface area contributed by atoms with E-state index in [1.807, 2.05) is 0 Å². The van der Waals surface area contributed by atoms with Crippen LogP contribution in [0.4, 0.5) is 0 Å². The van der Waals surface area contributed by atoms with E-state index in [0.29, 0.717) is 12.8 Å². The molecule has 0 bridgehead atoms. The Labute approximate surface area is 134 Å². The highest BCUT2D eigenvalue weighted by Gasteiger charge is 2.44. The summed E-state index contributed by atoms with van der Waals surface area (Å²) in [6, 6.07) is -0.511. The van der Waals surface area contributed by atoms with Crippen LogP contribution < -0.4 is 0 Å². The van der Waals surface area contributed by atoms with Crippen LogP contribution in [-0.2, 0) is 18.7 Å². The molecule has 0 spiro atoms. The predicted octanol–water partition coefficient (Wildman–Crippen LogP) is 3.58. The molecule has 0 aromatic carbocycles. The fourth-order valence-electron chi connectivity index (χ4n) is 2.30. The Kier molecular flexibility index (Phi) is 6.08. The molecule has 0 N–H and O–H groups in total. The third-order valence-electron chi connectivity index (χ3n) is 4.47. The molecule has 1 fully saturated rings. The zero-order valence-corrected chi connectivity index (χ0v) is 16.1. The van der Waals surface area contributed by atoms with E-state index in [2.05, 4.69) is 43.9 Å². The van der Waals surface area contributed by atoms with Gasteiger partial charge in [0.25, 0.3) is 10.1 Å². The Hall–Kier alpha value is -0.603. The van der Waals surface area contributed by atoms with Gasteiger partial charge in [-0.15, -0.1) is 0 Å². The van der Waals surface area contributed by atoms with Crippen molar-refractivity contribution >= 4 is 18.4 Å². The van der Waals surface area contributed by atoms with Crippen molar-refractivity contribution in [3.63, 3.8) is 0 Å². The second-order valence-corrected chi connectivity index (χ2v) is 13.7. The Bertz CT molecular complexity index is 538. The Morgan fingerprint density at radius 3 is 2.32 bits per heavy atom. The first kappa shape index (κ1) is 19.4. The molecule has 1 aliphatic rings. The molecule has 1 rings (SSSR count). The monoisotopic (exact) mass is 349 g/mol. The number of hydrogen-bond acceptors (Lipinski definition) is 5. The van der Waals surface area contributed by atoms with E-state index in [-0.39, 0.29) is 11.1 Å². The van der Waals surface area contributed by atoms with Gasteiger partial charge in [0, 0.05) is 4.91 Å². The smallest absolute Gasteiger partial charge is 0.264 e. The molecule has 9 heteroatoms. The van der Waals surface area contributed by atoms with Gasteiger partial charge < -0.3 is 4.43 Å². The van der Waals surface area contributed by atoms with Gasteiger partial charge in [-0.2, -0.15) is 8.42 Å². The summed E-state index contributed by atoms with van der Waals surface area (Å²) < 4.78 is 34.7. The molecule has 0 heterocycles. The molecular formula is C13H27N3O4SSi. The highest BCUT2D eigenvalue weighted by atomic mass is 32.2. The summed E-state index contributed by atoms with van der Waals surface area (Å²) in [6.07, 6.45) is 2.06. The van der Waals surface area contributed by atoms with E-state index in [0.717, 1.165) is 12.7 Å². The normalized spacial score (nSPS) is 27.3. The molecule has 22 heavy (non-hydrogen) atoms. The van der Waals surface area contributed by atoms with Gasteiger partial charge in [-0.25, -0.2) is 0 Å². The average Bonchev–Trinajstić information content (AvgIpc) is 2.30. The summed E-state index contributed by atoms with van der Waals surface area (Å²) in [7, 11) is -5.72. The maximum absolute atomic E-state index is 11.6. The van der Waals surface area contributed by atoms with E-state index in [1.165, 1.54) is 0 Å². The summed E-state index contributed by atoms with van der Waals surface area (Å²) in [5.41, 5.74) is 8.70. The summed E-state index contributed by atoms with van der Waals surface area (Å²) in [5.74, 6) is 0. The summed E-state index contributed by atoms with van der Waals surface area (Å²) in [4.78, 5) is 2.83. The third-order valence-corrected chi connectivity index (χ3v) is 9.55. The van der Waals surface area contributed by atoms with Crippen LogP contribution in [0.3, 0.4) is 0 Å². The van der Waals surface area contributed by atoms with E-state index < -0.39 is 30.6 Å². The predicted molar refractivity (Wildman–Crippen MR) is 88.6 cm³/mol. The Balaban J connectivity index is 3.05. The second-order valence-electron chi connectivity index (χ2n) is 7.38. The first-order valence-electron chi connectivity index (χ1n) is 7.48. The van der Waals surface area contributed by atoms with Crippen LogP contribution in [0.1, 0.15) is 40.0 Å². The molecular weight excluding hydrogens is 322 g/mol. The van der Waals surface area contributed by atoms with Crippen molar-refractivity contribution in [2.24, 2.45) is 5.11 Å². The third kappa shape index (κ3) is 5.24. The fraction of sp³-hybridized carbons (Fsp3) is 1.00. The van der Waals surface area contributed by atoms with Gasteiger partial charge in [-0.3, -0.25) is 4.18 Å². The van der Waals surface area contributed by atoms with Crippen molar-refractivity contribution in [2.45, 2.75) is 76.4 Å². The molecule has 0 saturated heterocycles. The minimum Gasteiger partial charge on any atom is -0.411 e. The molecule has 1 aliphatic carbocycles. The van der Waals surface area contributed by atoms with Crippen LogP contribution in [0.2, 0.25) is 18.1 Å². The molecule has 0 aliphatic heterocycles. The van der Waals surface area contributed by atoms with Crippen LogP contribution in [0.5, 0.6) is 0 Å². The van der Waals surface area contributed by atoms with Gasteiger partial charge in [0.05, 0.1) is 18.4 Å². The highest BCUT2D eigenvalue weighted by molar-refractivity contribution is 7.86. The first-order valence-corrected chi connectivity index (χ1v) is 12.2. The van der Waals surface area contributed by atoms with Crippen molar-refractivity contribution < 1.29 is 17.0 Å². The molecule has 0 aromatic rings. The van der Waals surface area contributed by atoms with Crippen LogP contribution >= 0.6 is 0 Å². The molecule has 128 valence electrons. The molecule has 0 aromatic heterocycles. The van der Waals surface area contributed by atoms with E-state index in [1.54, 1.807) is 0 Å². The van der Waals surface area contributed by atoms with E-state index in [4.69, 9.17) is 14.1 Å². The lowest BCUT2D eigenvalue weighted by molar-refractivity contribution is 0.00689. The number of hydrogen-bond donors (Lipinski definition) is 0. The first-order chi connectivity index (χ1) is 9.87. The zero-order valence-electron chi connectivity index (χ0n) is 14.2. The van der Waals surface area contributed by atoms with Gasteiger partial charge in [-0.1, -0.05) is 32.3 Å². The molecule has 0 unspecified atom stereocenters. The van der Waals surface area contributed by atoms with Crippen LogP contribution in [-0.4, -0.2) is 41.2 Å². The molecule has 0 radical (unpaired) electrons. The maximum Gasteiger partial charge on any atom is 0.264 e. The number of azide groups is 1. The fourth-order valence-corrected chi connectivity index (χ4v) is 4.32. The van der Waals surface area contributed by atoms with Gasteiger partial charge >= 0.3 is 0 Å². The maximum atomic E-state index is 11.6. The highest BCUT2D eigenvalue weighted by Crippen LogP contribution is 2.40. The molecule has 0 amide bonds. The summed E-state index contributed by atoms with van der Waals surface area (Å²) in [5, 5.41) is 3.73. The molecule has 7 nitrogen and oxygen atoms in total. The average molecular weight is 350 g/mol. The van der Waals surface area contributed by atoms with Gasteiger partial charge in [0.15, 0.2) is 8.32 Å². The topological polar surface area (TPSA) is 101 Å². The van der Waals surface area contributed by atoms with Crippen molar-refractivity contribution in [1.29, 1.82) is 0 Å². The van der Waals surface area contributed by atoms with E-state index >= 15 is 0 Å². The molecule has 3 atom stereocenters. The van der Waals surface area contributed by atoms with Crippen LogP contribution in [0.15, 0.2) is 5.11 Å². The lowest BCUT2D eigenvalue weighted by Crippen LogP contribution is -2.52. The lowest BCUT2D eigenvalue weighted by Gasteiger charge is -2.43. The van der Waals surface area contributed by atoms with Crippen molar-refractivity contribution in [1.82, 2.24) is 0 Å². The standard InChI is InChI=1S/C13H27N3O4SSi/c1-13(2,3)22(5,6)20-11-9-7-8-10(15-16-14)12(11)19-21(4,17)18/h10-12H,7-9H2,1-6H3/t10-,11+,12+/m0/s1. The quantitative estimate of drug-likeness (QED) is 0.249. The lowest BCUT2D eigenvalue weighted by atomic mass is 9.91. The van der Waals surface area contributed by atoms with E-state index in [9.17, 15) is 8.42 Å². The minimum absolute atomic E-state index is 0.00802. The Morgan fingerprint density at radius 1 is 1.27 bits per heavy atom. The summed E-state index contributed by atoms with van der Waals surface area (Å²) >= 11 is 0. The van der Waals surface area contributed by atoms with Gasteiger partial charge in [0.1, 0.15) is 6.10 Å². The van der Waals surface area contributed by atoms with Crippen molar-refractivity contribution in [3.8, 4) is 0 Å². The van der Waals surface area contributed by atoms with Crippen molar-refractivity contribution in [3.05, 3.63) is 10.4 Å². The minimum atomic E-state index is -3.65. The van der Waals surface area contributed by atoms with Crippen molar-refractivity contribution in [2.75, 3.05) is 6.26 Å². The van der Waals surface area contributed by atoms with Gasteiger partial charge in [0.2, 0.25) is 0 Å². The largest absolute Gasteiger partial charge is 0.411 e. The Morgan fingerprint density at radius 2 is 1.86 bits per heavy atom. The summed E-state index contributed by atoms with van der Waals surface area (Å²) in [6.45, 7) is 10.6. The SMILES string of the molecule is CC(C)(C)[Si](C)(C)O[C@@H]1CCC[C@H](N=[N+]=[N-])[C@H]1OS(C)(=O)=O. The van der Waals surface area contributed by atoms with Crippen LogP contribution in [0, 0.1) is 0 Å². The zero-order chi connectivity index (χ0) is 17.2. The molecule has 1 saturated carbocycles. The number of nitrogens with zero attached hydrogens (tertiary/aromatic N) is 3. The second kappa shape index (κ2) is 6.88. The van der Waals surface area contributed by atoms with Crippen LogP contribution in [0.25, 0.3) is 10.4 Å². The van der Waals surface area contributed by atoms with Gasteiger partial charge in [-0.05, 0) is 36.5 Å².